The topological polar surface area (TPSA) is 86.5 Å². The fourth-order valence-electron chi connectivity index (χ4n) is 2.79. The van der Waals surface area contributed by atoms with Gasteiger partial charge >= 0.3 is 0 Å². The third-order valence-corrected chi connectivity index (χ3v) is 5.28. The second-order valence-corrected chi connectivity index (χ2v) is 7.24. The lowest BCUT2D eigenvalue weighted by molar-refractivity contribution is 0.0212. The summed E-state index contributed by atoms with van der Waals surface area (Å²) in [4.78, 5) is 10.3. The molecule has 0 amide bonds. The van der Waals surface area contributed by atoms with Crippen LogP contribution in [-0.4, -0.2) is 51.6 Å². The Morgan fingerprint density at radius 3 is 2.86 bits per heavy atom. The first-order valence-electron chi connectivity index (χ1n) is 8.82. The Labute approximate surface area is 166 Å². The minimum atomic E-state index is -0.0815. The average Bonchev–Trinajstić information content (AvgIpc) is 3.22. The maximum atomic E-state index is 5.75. The van der Waals surface area contributed by atoms with E-state index in [4.69, 9.17) is 9.57 Å². The molecule has 0 saturated carbocycles. The number of aliphatic imine (C=N–C) groups is 1. The Hall–Kier alpha value is -2.91. The quantitative estimate of drug-likeness (QED) is 0.640. The Morgan fingerprint density at radius 1 is 1.25 bits per heavy atom. The number of hydrogen-bond acceptors (Lipinski definition) is 8. The van der Waals surface area contributed by atoms with Crippen LogP contribution < -0.4 is 10.2 Å². The molecule has 2 heterocycles. The lowest BCUT2D eigenvalue weighted by Gasteiger charge is -2.22. The van der Waals surface area contributed by atoms with E-state index in [0.29, 0.717) is 23.2 Å². The van der Waals surface area contributed by atoms with Crippen molar-refractivity contribution in [3.05, 3.63) is 59.7 Å². The smallest absolute Gasteiger partial charge is 0.214 e. The number of aryl methyl sites for hydroxylation is 1. The van der Waals surface area contributed by atoms with E-state index in [-0.39, 0.29) is 6.10 Å². The third kappa shape index (κ3) is 4.00. The number of aromatic nitrogens is 4. The molecule has 1 aromatic heterocycles. The molecule has 0 bridgehead atoms. The molecule has 1 atom stereocenters. The number of benzene rings is 2. The minimum absolute atomic E-state index is 0.0815. The van der Waals surface area contributed by atoms with E-state index in [2.05, 4.69) is 26.0 Å². The third-order valence-electron chi connectivity index (χ3n) is 4.22. The van der Waals surface area contributed by atoms with Crippen LogP contribution >= 0.6 is 11.8 Å². The summed E-state index contributed by atoms with van der Waals surface area (Å²) in [5.74, 6) is 2.12. The largest absolute Gasteiger partial charge is 0.494 e. The van der Waals surface area contributed by atoms with Crippen molar-refractivity contribution in [2.75, 3.05) is 19.4 Å². The second kappa shape index (κ2) is 8.41. The zero-order valence-corrected chi connectivity index (χ0v) is 16.4. The van der Waals surface area contributed by atoms with Gasteiger partial charge in [-0.2, -0.15) is 4.68 Å². The fourth-order valence-corrected chi connectivity index (χ4v) is 3.65. The molecule has 0 unspecified atom stereocenters. The zero-order chi connectivity index (χ0) is 19.3. The molecule has 4 rings (SSSR count). The molecule has 144 valence electrons. The summed E-state index contributed by atoms with van der Waals surface area (Å²) in [6.07, 6.45) is -0.0815. The van der Waals surface area contributed by atoms with Gasteiger partial charge in [0.2, 0.25) is 5.16 Å². The Bertz CT molecular complexity index is 976. The van der Waals surface area contributed by atoms with Gasteiger partial charge in [0.25, 0.3) is 0 Å². The van der Waals surface area contributed by atoms with E-state index in [1.807, 2.05) is 55.5 Å². The number of thioether (sulfide) groups is 1. The van der Waals surface area contributed by atoms with Crippen molar-refractivity contribution in [3.63, 3.8) is 0 Å². The number of ether oxygens (including phenoxy) is 1. The molecule has 0 saturated heterocycles. The van der Waals surface area contributed by atoms with E-state index in [1.54, 1.807) is 11.8 Å². The van der Waals surface area contributed by atoms with Gasteiger partial charge in [-0.25, -0.2) is 5.48 Å². The molecule has 0 spiro atoms. The number of hydrogen-bond donors (Lipinski definition) is 1. The first-order valence-corrected chi connectivity index (χ1v) is 9.81. The van der Waals surface area contributed by atoms with Crippen molar-refractivity contribution >= 4 is 17.6 Å². The van der Waals surface area contributed by atoms with Gasteiger partial charge in [-0.3, -0.25) is 9.83 Å². The molecule has 1 N–H and O–H groups in total. The molecule has 0 radical (unpaired) electrons. The van der Waals surface area contributed by atoms with Crippen LogP contribution in [-0.2, 0) is 4.84 Å². The number of rotatable bonds is 6. The van der Waals surface area contributed by atoms with Gasteiger partial charge in [-0.05, 0) is 35.0 Å². The molecule has 0 fully saturated rings. The van der Waals surface area contributed by atoms with Crippen LogP contribution in [0.25, 0.3) is 5.69 Å². The standard InChI is InChI=1S/C19H20N6O2S/c1-13-8-9-17(26-2)16(10-13)25-19(21-23-24-25)28-12-15-11-20-18(22-27-15)14-6-4-3-5-7-14/h3-10,15H,11-12H2,1-2H3,(H,20,22)/t15-/m1/s1. The van der Waals surface area contributed by atoms with Crippen LogP contribution in [0.3, 0.4) is 0 Å². The molecule has 0 aliphatic carbocycles. The summed E-state index contributed by atoms with van der Waals surface area (Å²) in [6.45, 7) is 2.59. The van der Waals surface area contributed by atoms with Gasteiger partial charge in [0.05, 0.1) is 13.7 Å². The second-order valence-electron chi connectivity index (χ2n) is 6.26. The maximum absolute atomic E-state index is 5.75. The van der Waals surface area contributed by atoms with Gasteiger partial charge in [0, 0.05) is 11.3 Å². The van der Waals surface area contributed by atoms with Crippen LogP contribution in [0.2, 0.25) is 0 Å². The van der Waals surface area contributed by atoms with Crippen LogP contribution in [0.1, 0.15) is 11.1 Å². The van der Waals surface area contributed by atoms with Crippen molar-refractivity contribution in [2.24, 2.45) is 4.99 Å². The summed E-state index contributed by atoms with van der Waals surface area (Å²) in [7, 11) is 1.63. The Kier molecular flexibility index (Phi) is 5.54. The summed E-state index contributed by atoms with van der Waals surface area (Å²) in [5.41, 5.74) is 5.86. The van der Waals surface area contributed by atoms with E-state index in [1.165, 1.54) is 11.8 Å². The predicted molar refractivity (Wildman–Crippen MR) is 107 cm³/mol. The molecule has 9 heteroatoms. The molecule has 28 heavy (non-hydrogen) atoms. The summed E-state index contributed by atoms with van der Waals surface area (Å²) in [6, 6.07) is 15.8. The van der Waals surface area contributed by atoms with E-state index in [0.717, 1.165) is 22.6 Å². The van der Waals surface area contributed by atoms with Gasteiger partial charge < -0.3 is 4.74 Å². The number of nitrogens with one attached hydrogen (secondary N) is 1. The Balaban J connectivity index is 1.43. The predicted octanol–water partition coefficient (Wildman–Crippen LogP) is 2.42. The van der Waals surface area contributed by atoms with Crippen LogP contribution in [0.15, 0.2) is 58.7 Å². The molecule has 3 aromatic rings. The molecule has 8 nitrogen and oxygen atoms in total. The molecular formula is C19H20N6O2S. The first kappa shape index (κ1) is 18.5. The minimum Gasteiger partial charge on any atom is -0.494 e. The normalized spacial score (nSPS) is 16.4. The number of methoxy groups -OCH3 is 1. The molecule has 1 aliphatic rings. The number of tetrazole rings is 1. The molecule has 1 aliphatic heterocycles. The van der Waals surface area contributed by atoms with Crippen molar-refractivity contribution < 1.29 is 9.57 Å². The highest BCUT2D eigenvalue weighted by atomic mass is 32.2. The van der Waals surface area contributed by atoms with Crippen molar-refractivity contribution in [1.29, 1.82) is 0 Å². The van der Waals surface area contributed by atoms with E-state index in [9.17, 15) is 0 Å². The molecular weight excluding hydrogens is 376 g/mol. The highest BCUT2D eigenvalue weighted by Gasteiger charge is 2.20. The highest BCUT2D eigenvalue weighted by molar-refractivity contribution is 7.99. The summed E-state index contributed by atoms with van der Waals surface area (Å²) < 4.78 is 7.14. The Morgan fingerprint density at radius 2 is 2.11 bits per heavy atom. The van der Waals surface area contributed by atoms with Crippen LogP contribution in [0, 0.1) is 6.92 Å². The van der Waals surface area contributed by atoms with Gasteiger partial charge in [0.1, 0.15) is 17.5 Å². The van der Waals surface area contributed by atoms with E-state index >= 15 is 0 Å². The lowest BCUT2D eigenvalue weighted by Crippen LogP contribution is -2.38. The fraction of sp³-hybridized carbons (Fsp3) is 0.263. The highest BCUT2D eigenvalue weighted by Crippen LogP contribution is 2.27. The molecule has 2 aromatic carbocycles. The van der Waals surface area contributed by atoms with E-state index < -0.39 is 0 Å². The lowest BCUT2D eigenvalue weighted by atomic mass is 10.2. The SMILES string of the molecule is COc1ccc(C)cc1-n1nnnc1SC[C@H]1CN=C(c2ccccc2)NO1. The van der Waals surface area contributed by atoms with Crippen molar-refractivity contribution in [1.82, 2.24) is 25.7 Å². The van der Waals surface area contributed by atoms with Crippen molar-refractivity contribution in [3.8, 4) is 11.4 Å². The monoisotopic (exact) mass is 396 g/mol. The summed E-state index contributed by atoms with van der Waals surface area (Å²) in [5, 5.41) is 12.8. The maximum Gasteiger partial charge on any atom is 0.214 e. The number of amidine groups is 1. The zero-order valence-electron chi connectivity index (χ0n) is 15.6. The van der Waals surface area contributed by atoms with Gasteiger partial charge in [-0.1, -0.05) is 48.2 Å². The van der Waals surface area contributed by atoms with Gasteiger partial charge in [-0.15, -0.1) is 5.10 Å². The number of hydroxylamine groups is 1. The van der Waals surface area contributed by atoms with Crippen LogP contribution in [0.5, 0.6) is 5.75 Å². The van der Waals surface area contributed by atoms with Crippen LogP contribution in [0.4, 0.5) is 0 Å². The number of nitrogens with zero attached hydrogens (tertiary/aromatic N) is 5. The summed E-state index contributed by atoms with van der Waals surface area (Å²) >= 11 is 1.51. The van der Waals surface area contributed by atoms with Gasteiger partial charge in [0.15, 0.2) is 5.84 Å². The van der Waals surface area contributed by atoms with Crippen molar-refractivity contribution in [2.45, 2.75) is 18.2 Å². The first-order chi connectivity index (χ1) is 13.7. The average molecular weight is 396 g/mol.